The van der Waals surface area contributed by atoms with Crippen LogP contribution in [0.2, 0.25) is 0 Å². The van der Waals surface area contributed by atoms with Gasteiger partial charge in [-0.1, -0.05) is 0 Å². The van der Waals surface area contributed by atoms with Crippen LogP contribution < -0.4 is 10.6 Å². The number of hydrogen-bond acceptors (Lipinski definition) is 6. The van der Waals surface area contributed by atoms with E-state index in [2.05, 4.69) is 10.6 Å². The van der Waals surface area contributed by atoms with Gasteiger partial charge in [-0.05, 0) is 25.7 Å². The average Bonchev–Trinajstić information content (AvgIpc) is 2.45. The first-order chi connectivity index (χ1) is 10.1. The molecule has 0 aromatic carbocycles. The minimum atomic E-state index is -0.868. The maximum Gasteiger partial charge on any atom is 0.329 e. The van der Waals surface area contributed by atoms with Crippen LogP contribution in [0.5, 0.6) is 0 Å². The Hall–Kier alpha value is -1.08. The van der Waals surface area contributed by atoms with Gasteiger partial charge in [0.25, 0.3) is 0 Å². The van der Waals surface area contributed by atoms with Gasteiger partial charge in [0.15, 0.2) is 6.23 Å². The monoisotopic (exact) mass is 322 g/mol. The lowest BCUT2D eigenvalue weighted by molar-refractivity contribution is -0.125. The number of unbranched alkanes of at least 4 members (excludes halogenated alkanes) is 2. The van der Waals surface area contributed by atoms with Crippen molar-refractivity contribution >= 4 is 20.5 Å². The Kier molecular flexibility index (Phi) is 13.2. The summed E-state index contributed by atoms with van der Waals surface area (Å²) in [6, 6.07) is 0. The number of rotatable bonds is 13. The van der Waals surface area contributed by atoms with Crippen LogP contribution in [0, 0.1) is 0 Å². The van der Waals surface area contributed by atoms with Crippen molar-refractivity contribution in [2.24, 2.45) is 0 Å². The summed E-state index contributed by atoms with van der Waals surface area (Å²) in [5.41, 5.74) is 0. The fourth-order valence-corrected chi connectivity index (χ4v) is 1.74. The van der Waals surface area contributed by atoms with E-state index >= 15 is 0 Å². The minimum absolute atomic E-state index is 0.0128. The Balaban J connectivity index is 3.97. The van der Waals surface area contributed by atoms with Crippen LogP contribution in [-0.2, 0) is 18.7 Å². The van der Waals surface area contributed by atoms with Crippen LogP contribution in [0.25, 0.3) is 0 Å². The molecule has 1 unspecified atom stereocenters. The molecule has 0 bridgehead atoms. The predicted octanol–water partition coefficient (Wildman–Crippen LogP) is 0.0934. The van der Waals surface area contributed by atoms with E-state index in [1.54, 1.807) is 0 Å². The van der Waals surface area contributed by atoms with Crippen LogP contribution in [0.3, 0.4) is 0 Å². The van der Waals surface area contributed by atoms with Crippen LogP contribution in [0.1, 0.15) is 38.5 Å². The number of amides is 2. The quantitative estimate of drug-likeness (QED) is 0.216. The maximum absolute atomic E-state index is 11.5. The summed E-state index contributed by atoms with van der Waals surface area (Å²) < 4.78 is 15.2. The highest BCUT2D eigenvalue weighted by molar-refractivity contribution is 7.17. The summed E-state index contributed by atoms with van der Waals surface area (Å²) >= 11 is 0. The first-order valence-electron chi connectivity index (χ1n) is 6.90. The third kappa shape index (κ3) is 12.4. The second-order valence-corrected chi connectivity index (χ2v) is 4.76. The molecule has 21 heavy (non-hydrogen) atoms. The number of hydrogen-bond donors (Lipinski definition) is 4. The van der Waals surface area contributed by atoms with Crippen molar-refractivity contribution in [1.29, 1.82) is 0 Å². The molecule has 0 aliphatic heterocycles. The lowest BCUT2D eigenvalue weighted by atomic mass is 10.2. The molecular formula is C12H23N2O6P. The third-order valence-electron chi connectivity index (χ3n) is 2.60. The second kappa shape index (κ2) is 13.9. The molecule has 9 heteroatoms. The van der Waals surface area contributed by atoms with E-state index in [1.165, 1.54) is 0 Å². The van der Waals surface area contributed by atoms with Crippen molar-refractivity contribution in [3.8, 4) is 0 Å². The molecule has 2 amide bonds. The zero-order chi connectivity index (χ0) is 15.9. The van der Waals surface area contributed by atoms with E-state index in [0.29, 0.717) is 25.7 Å². The van der Waals surface area contributed by atoms with E-state index in [4.69, 9.17) is 14.7 Å². The van der Waals surface area contributed by atoms with E-state index in [0.717, 1.165) is 0 Å². The molecule has 0 saturated heterocycles. The Morgan fingerprint density at radius 3 is 2.10 bits per heavy atom. The first kappa shape index (κ1) is 19.9. The number of carbonyl (C=O) groups excluding carboxylic acids is 2. The molecule has 0 aliphatic carbocycles. The van der Waals surface area contributed by atoms with Gasteiger partial charge in [-0.15, -0.1) is 0 Å². The zero-order valence-corrected chi connectivity index (χ0v) is 12.8. The lowest BCUT2D eigenvalue weighted by Gasteiger charge is -2.16. The van der Waals surface area contributed by atoms with Crippen molar-refractivity contribution in [2.75, 3.05) is 19.8 Å². The number of aliphatic hydroxyl groups excluding tert-OH is 2. The highest BCUT2D eigenvalue weighted by Gasteiger charge is 2.14. The third-order valence-corrected chi connectivity index (χ3v) is 2.94. The van der Waals surface area contributed by atoms with Crippen molar-refractivity contribution < 1.29 is 28.9 Å². The van der Waals surface area contributed by atoms with Gasteiger partial charge in [0.1, 0.15) is 0 Å². The topological polar surface area (TPSA) is 125 Å². The molecule has 0 radical (unpaired) electrons. The van der Waals surface area contributed by atoms with Crippen LogP contribution in [0.4, 0.5) is 0 Å². The summed E-state index contributed by atoms with van der Waals surface area (Å²) in [7, 11) is -0.590. The SMILES string of the molecule is O=POC(CNC(=O)CCCCO)NC(=O)CCCCO. The molecule has 0 rings (SSSR count). The summed E-state index contributed by atoms with van der Waals surface area (Å²) in [4.78, 5) is 23.0. The molecule has 122 valence electrons. The van der Waals surface area contributed by atoms with Crippen molar-refractivity contribution in [2.45, 2.75) is 44.8 Å². The first-order valence-corrected chi connectivity index (χ1v) is 7.63. The molecule has 1 atom stereocenters. The number of carbonyl (C=O) groups is 2. The molecule has 0 fully saturated rings. The molecule has 0 spiro atoms. The average molecular weight is 322 g/mol. The Morgan fingerprint density at radius 2 is 1.57 bits per heavy atom. The van der Waals surface area contributed by atoms with E-state index in [-0.39, 0.29) is 44.4 Å². The van der Waals surface area contributed by atoms with Gasteiger partial charge in [-0.3, -0.25) is 14.1 Å². The van der Waals surface area contributed by atoms with Gasteiger partial charge in [-0.25, -0.2) is 4.57 Å². The molecule has 8 nitrogen and oxygen atoms in total. The normalized spacial score (nSPS) is 12.1. The molecule has 0 aromatic heterocycles. The fraction of sp³-hybridized carbons (Fsp3) is 0.833. The smallest absolute Gasteiger partial charge is 0.329 e. The van der Waals surface area contributed by atoms with Crippen molar-refractivity contribution in [3.05, 3.63) is 0 Å². The lowest BCUT2D eigenvalue weighted by Crippen LogP contribution is -2.44. The minimum Gasteiger partial charge on any atom is -0.396 e. The van der Waals surface area contributed by atoms with Crippen LogP contribution in [0.15, 0.2) is 0 Å². The zero-order valence-electron chi connectivity index (χ0n) is 11.9. The summed E-state index contributed by atoms with van der Waals surface area (Å²) in [6.45, 7) is 0.0766. The van der Waals surface area contributed by atoms with E-state index in [9.17, 15) is 14.2 Å². The molecular weight excluding hydrogens is 299 g/mol. The maximum atomic E-state index is 11.5. The number of aliphatic hydroxyl groups is 2. The predicted molar refractivity (Wildman–Crippen MR) is 75.5 cm³/mol. The fourth-order valence-electron chi connectivity index (χ4n) is 1.51. The summed E-state index contributed by atoms with van der Waals surface area (Å²) in [5.74, 6) is -0.527. The van der Waals surface area contributed by atoms with E-state index in [1.807, 2.05) is 0 Å². The molecule has 0 saturated carbocycles. The Bertz CT molecular complexity index is 316. The van der Waals surface area contributed by atoms with Gasteiger partial charge in [-0.2, -0.15) is 0 Å². The molecule has 0 heterocycles. The summed E-state index contributed by atoms with van der Waals surface area (Å²) in [6.07, 6.45) is 1.81. The van der Waals surface area contributed by atoms with Gasteiger partial charge >= 0.3 is 8.69 Å². The van der Waals surface area contributed by atoms with Gasteiger partial charge in [0.05, 0.1) is 6.54 Å². The highest BCUT2D eigenvalue weighted by atomic mass is 31.1. The summed E-state index contributed by atoms with van der Waals surface area (Å²) in [5, 5.41) is 22.3. The Labute approximate surface area is 125 Å². The Morgan fingerprint density at radius 1 is 1.00 bits per heavy atom. The molecule has 0 aromatic rings. The highest BCUT2D eigenvalue weighted by Crippen LogP contribution is 2.02. The molecule has 0 aliphatic rings. The van der Waals surface area contributed by atoms with E-state index < -0.39 is 14.9 Å². The largest absolute Gasteiger partial charge is 0.396 e. The second-order valence-electron chi connectivity index (χ2n) is 4.40. The van der Waals surface area contributed by atoms with Crippen molar-refractivity contribution in [3.63, 3.8) is 0 Å². The van der Waals surface area contributed by atoms with Gasteiger partial charge < -0.3 is 20.8 Å². The van der Waals surface area contributed by atoms with Gasteiger partial charge in [0, 0.05) is 26.1 Å². The standard InChI is InChI=1S/C12H23N2O6P/c15-7-3-1-5-10(17)13-9-12(20-21-19)14-11(18)6-2-4-8-16/h12,15-16H,1-9H2,(H,13,17)(H,14,18). The molecule has 4 N–H and O–H groups in total. The van der Waals surface area contributed by atoms with Crippen LogP contribution >= 0.6 is 8.69 Å². The number of nitrogens with one attached hydrogen (secondary N) is 2. The van der Waals surface area contributed by atoms with Crippen molar-refractivity contribution in [1.82, 2.24) is 10.6 Å². The van der Waals surface area contributed by atoms with Crippen LogP contribution in [-0.4, -0.2) is 48.0 Å². The van der Waals surface area contributed by atoms with Gasteiger partial charge in [0.2, 0.25) is 11.8 Å².